The number of hydrogen-bond acceptors (Lipinski definition) is 8. The minimum Gasteiger partial charge on any atom is -0.457 e. The van der Waals surface area contributed by atoms with Crippen LogP contribution in [0.1, 0.15) is 17.7 Å². The van der Waals surface area contributed by atoms with Crippen LogP contribution in [0.25, 0.3) is 22.3 Å². The van der Waals surface area contributed by atoms with E-state index in [1.54, 1.807) is 46.8 Å². The number of rotatable bonds is 6. The summed E-state index contributed by atoms with van der Waals surface area (Å²) in [5.41, 5.74) is 4.10. The number of hydrogen-bond donors (Lipinski definition) is 1. The van der Waals surface area contributed by atoms with E-state index in [1.807, 2.05) is 18.2 Å². The lowest BCUT2D eigenvalue weighted by Crippen LogP contribution is -2.33. The zero-order valence-corrected chi connectivity index (χ0v) is 21.0. The molecule has 1 aliphatic heterocycles. The zero-order valence-electron chi connectivity index (χ0n) is 21.0. The Morgan fingerprint density at radius 3 is 2.87 bits per heavy atom. The van der Waals surface area contributed by atoms with Crippen molar-refractivity contribution in [2.45, 2.75) is 13.3 Å². The van der Waals surface area contributed by atoms with E-state index in [0.29, 0.717) is 59.1 Å². The highest BCUT2D eigenvalue weighted by Gasteiger charge is 2.18. The second-order valence-corrected chi connectivity index (χ2v) is 8.96. The molecule has 194 valence electrons. The maximum absolute atomic E-state index is 15.5. The summed E-state index contributed by atoms with van der Waals surface area (Å²) in [5.74, 6) is 0.711. The second-order valence-electron chi connectivity index (χ2n) is 8.96. The third-order valence-electron chi connectivity index (χ3n) is 6.58. The number of pyridine rings is 2. The van der Waals surface area contributed by atoms with E-state index >= 15 is 4.39 Å². The van der Waals surface area contributed by atoms with Gasteiger partial charge in [0.1, 0.15) is 29.7 Å². The van der Waals surface area contributed by atoms with Crippen LogP contribution < -0.4 is 10.1 Å². The molecule has 0 aliphatic carbocycles. The summed E-state index contributed by atoms with van der Waals surface area (Å²) in [6, 6.07) is 10.5. The Hall–Kier alpha value is -5.19. The first-order valence-electron chi connectivity index (χ1n) is 12.3. The third-order valence-corrected chi connectivity index (χ3v) is 6.58. The van der Waals surface area contributed by atoms with Crippen LogP contribution in [0, 0.1) is 12.7 Å². The van der Waals surface area contributed by atoms with Gasteiger partial charge in [-0.3, -0.25) is 4.79 Å². The van der Waals surface area contributed by atoms with E-state index in [-0.39, 0.29) is 11.6 Å². The standard InChI is InChI=1S/C28H23FN8O2/c1-3-25(38)36-11-8-18(9-12-36)20-4-5-22-27(34-20)28(32-15-30-22)35-21-6-7-23(17(2)26(21)29)39-19-10-13-37-24(14-19)31-16-33-37/h3-8,10,13-16H,1,9,11-12H2,2H3,(H,30,32,35). The molecule has 0 fully saturated rings. The lowest BCUT2D eigenvalue weighted by atomic mass is 10.0. The summed E-state index contributed by atoms with van der Waals surface area (Å²) in [6.45, 7) is 6.27. The van der Waals surface area contributed by atoms with Crippen molar-refractivity contribution >= 4 is 39.7 Å². The molecule has 4 aromatic heterocycles. The van der Waals surface area contributed by atoms with Gasteiger partial charge in [0.15, 0.2) is 17.3 Å². The molecule has 0 atom stereocenters. The van der Waals surface area contributed by atoms with Gasteiger partial charge < -0.3 is 15.0 Å². The summed E-state index contributed by atoms with van der Waals surface area (Å²) < 4.78 is 23.0. The Balaban J connectivity index is 1.27. The van der Waals surface area contributed by atoms with Gasteiger partial charge in [-0.15, -0.1) is 0 Å². The van der Waals surface area contributed by atoms with Crippen molar-refractivity contribution in [1.82, 2.24) is 34.4 Å². The molecule has 1 N–H and O–H groups in total. The number of nitrogens with zero attached hydrogens (tertiary/aromatic N) is 7. The molecule has 0 bridgehead atoms. The number of nitrogens with one attached hydrogen (secondary N) is 1. The number of ether oxygens (including phenoxy) is 1. The largest absolute Gasteiger partial charge is 0.457 e. The first-order valence-corrected chi connectivity index (χ1v) is 12.3. The molecule has 5 aromatic rings. The molecule has 1 amide bonds. The summed E-state index contributed by atoms with van der Waals surface area (Å²) in [5, 5.41) is 7.14. The summed E-state index contributed by atoms with van der Waals surface area (Å²) >= 11 is 0. The van der Waals surface area contributed by atoms with Gasteiger partial charge in [0, 0.05) is 30.9 Å². The van der Waals surface area contributed by atoms with Gasteiger partial charge in [0.25, 0.3) is 0 Å². The van der Waals surface area contributed by atoms with E-state index in [0.717, 1.165) is 11.3 Å². The Morgan fingerprint density at radius 1 is 1.15 bits per heavy atom. The van der Waals surface area contributed by atoms with Crippen molar-refractivity contribution < 1.29 is 13.9 Å². The number of carbonyl (C=O) groups excluding carboxylic acids is 1. The molecule has 11 heteroatoms. The number of carbonyl (C=O) groups is 1. The number of anilines is 2. The first kappa shape index (κ1) is 24.2. The maximum atomic E-state index is 15.5. The van der Waals surface area contributed by atoms with Gasteiger partial charge in [0.05, 0.1) is 16.9 Å². The molecule has 0 saturated heterocycles. The van der Waals surface area contributed by atoms with Crippen molar-refractivity contribution in [2.75, 3.05) is 18.4 Å². The van der Waals surface area contributed by atoms with Crippen LogP contribution >= 0.6 is 0 Å². The van der Waals surface area contributed by atoms with Gasteiger partial charge >= 0.3 is 0 Å². The number of aromatic nitrogens is 6. The van der Waals surface area contributed by atoms with Crippen LogP contribution in [0.15, 0.2) is 74.0 Å². The Bertz CT molecular complexity index is 1780. The third kappa shape index (κ3) is 4.65. The average molecular weight is 523 g/mol. The fraction of sp³-hybridized carbons (Fsp3) is 0.143. The molecule has 1 aliphatic rings. The molecule has 0 unspecified atom stereocenters. The summed E-state index contributed by atoms with van der Waals surface area (Å²) in [7, 11) is 0. The number of halogens is 1. The Morgan fingerprint density at radius 2 is 2.05 bits per heavy atom. The molecule has 0 radical (unpaired) electrons. The second kappa shape index (κ2) is 9.93. The van der Waals surface area contributed by atoms with Gasteiger partial charge in [-0.25, -0.2) is 28.8 Å². The number of benzene rings is 1. The lowest BCUT2D eigenvalue weighted by molar-refractivity contribution is -0.125. The molecule has 5 heterocycles. The van der Waals surface area contributed by atoms with Crippen LogP contribution in [-0.4, -0.2) is 53.4 Å². The average Bonchev–Trinajstić information content (AvgIpc) is 3.44. The number of amides is 1. The highest BCUT2D eigenvalue weighted by atomic mass is 19.1. The molecular formula is C28H23FN8O2. The van der Waals surface area contributed by atoms with E-state index in [1.165, 1.54) is 18.7 Å². The van der Waals surface area contributed by atoms with Crippen molar-refractivity contribution in [3.63, 3.8) is 0 Å². The molecular weight excluding hydrogens is 499 g/mol. The predicted molar refractivity (Wildman–Crippen MR) is 144 cm³/mol. The van der Waals surface area contributed by atoms with Crippen LogP contribution in [0.5, 0.6) is 11.5 Å². The quantitative estimate of drug-likeness (QED) is 0.315. The Kier molecular flexibility index (Phi) is 6.16. The lowest BCUT2D eigenvalue weighted by Gasteiger charge is -2.25. The van der Waals surface area contributed by atoms with Crippen molar-refractivity contribution in [3.8, 4) is 11.5 Å². The molecule has 0 saturated carbocycles. The minimum atomic E-state index is -0.471. The SMILES string of the molecule is C=CC(=O)N1CC=C(c2ccc3ncnc(Nc4ccc(Oc5ccn6ncnc6c5)c(C)c4F)c3n2)CC1. The first-order chi connectivity index (χ1) is 19.0. The van der Waals surface area contributed by atoms with Crippen molar-refractivity contribution in [1.29, 1.82) is 0 Å². The highest BCUT2D eigenvalue weighted by molar-refractivity contribution is 5.89. The zero-order chi connectivity index (χ0) is 26.9. The summed E-state index contributed by atoms with van der Waals surface area (Å²) in [4.78, 5) is 31.2. The van der Waals surface area contributed by atoms with E-state index in [2.05, 4.69) is 31.9 Å². The fourth-order valence-electron chi connectivity index (χ4n) is 4.43. The van der Waals surface area contributed by atoms with E-state index in [4.69, 9.17) is 9.72 Å². The van der Waals surface area contributed by atoms with Gasteiger partial charge in [0.2, 0.25) is 5.91 Å². The predicted octanol–water partition coefficient (Wildman–Crippen LogP) is 4.85. The van der Waals surface area contributed by atoms with Gasteiger partial charge in [-0.1, -0.05) is 12.7 Å². The van der Waals surface area contributed by atoms with Crippen LogP contribution in [0.3, 0.4) is 0 Å². The van der Waals surface area contributed by atoms with E-state index in [9.17, 15) is 4.79 Å². The van der Waals surface area contributed by atoms with Crippen molar-refractivity contribution in [2.24, 2.45) is 0 Å². The molecule has 39 heavy (non-hydrogen) atoms. The molecule has 10 nitrogen and oxygen atoms in total. The normalized spacial score (nSPS) is 13.4. The monoisotopic (exact) mass is 522 g/mol. The molecule has 1 aromatic carbocycles. The fourth-order valence-corrected chi connectivity index (χ4v) is 4.43. The molecule has 6 rings (SSSR count). The highest BCUT2D eigenvalue weighted by Crippen LogP contribution is 2.33. The molecule has 0 spiro atoms. The topological polar surface area (TPSA) is 110 Å². The van der Waals surface area contributed by atoms with Crippen LogP contribution in [0.2, 0.25) is 0 Å². The van der Waals surface area contributed by atoms with Crippen molar-refractivity contribution in [3.05, 3.63) is 91.1 Å². The van der Waals surface area contributed by atoms with Crippen LogP contribution in [0.4, 0.5) is 15.9 Å². The number of fused-ring (bicyclic) bond motifs is 2. The Labute approximate surface area is 222 Å². The van der Waals surface area contributed by atoms with Crippen LogP contribution in [-0.2, 0) is 4.79 Å². The smallest absolute Gasteiger partial charge is 0.246 e. The van der Waals surface area contributed by atoms with Gasteiger partial charge in [-0.05, 0) is 55.3 Å². The maximum Gasteiger partial charge on any atom is 0.246 e. The van der Waals surface area contributed by atoms with E-state index < -0.39 is 5.82 Å². The van der Waals surface area contributed by atoms with Gasteiger partial charge in [-0.2, -0.15) is 5.10 Å². The summed E-state index contributed by atoms with van der Waals surface area (Å²) in [6.07, 6.45) is 8.55. The minimum absolute atomic E-state index is 0.0956.